The third kappa shape index (κ3) is 5.01. The number of piperazine rings is 1. The Labute approximate surface area is 155 Å². The summed E-state index contributed by atoms with van der Waals surface area (Å²) in [6.07, 6.45) is -4.69. The number of nitrogens with one attached hydrogen (secondary N) is 1. The highest BCUT2D eigenvalue weighted by atomic mass is 32.1. The largest absolute Gasteiger partial charge is 0.573 e. The van der Waals surface area contributed by atoms with E-state index in [0.717, 1.165) is 26.2 Å². The van der Waals surface area contributed by atoms with Crippen molar-refractivity contribution in [3.05, 3.63) is 54.6 Å². The Kier molecular flexibility index (Phi) is 5.51. The van der Waals surface area contributed by atoms with E-state index in [0.29, 0.717) is 10.8 Å². The standard InChI is InChI=1S/C18H18F3N3OS/c19-18(20,21)25-16-8-6-14(7-9-16)22-17(26)24-12-10-23(11-13-24)15-4-2-1-3-5-15/h1-9H,10-13H2,(H,22,26). The monoisotopic (exact) mass is 381 g/mol. The van der Waals surface area contributed by atoms with Gasteiger partial charge in [0.2, 0.25) is 0 Å². The first-order valence-corrected chi connectivity index (χ1v) is 8.53. The minimum Gasteiger partial charge on any atom is -0.406 e. The third-order valence-electron chi connectivity index (χ3n) is 4.03. The van der Waals surface area contributed by atoms with Crippen LogP contribution in [-0.2, 0) is 0 Å². The summed E-state index contributed by atoms with van der Waals surface area (Å²) in [5.41, 5.74) is 1.81. The van der Waals surface area contributed by atoms with E-state index in [9.17, 15) is 13.2 Å². The summed E-state index contributed by atoms with van der Waals surface area (Å²) in [6.45, 7) is 3.25. The molecule has 1 fully saturated rings. The van der Waals surface area contributed by atoms with Gasteiger partial charge in [0.25, 0.3) is 0 Å². The van der Waals surface area contributed by atoms with Crippen molar-refractivity contribution in [2.45, 2.75) is 6.36 Å². The number of hydrogen-bond acceptors (Lipinski definition) is 3. The van der Waals surface area contributed by atoms with Gasteiger partial charge in [0.1, 0.15) is 5.75 Å². The van der Waals surface area contributed by atoms with Gasteiger partial charge < -0.3 is 19.9 Å². The van der Waals surface area contributed by atoms with Gasteiger partial charge in [-0.1, -0.05) is 18.2 Å². The minimum atomic E-state index is -4.69. The van der Waals surface area contributed by atoms with Gasteiger partial charge in [0.05, 0.1) is 0 Å². The molecule has 0 atom stereocenters. The molecule has 0 bridgehead atoms. The maximum absolute atomic E-state index is 12.2. The van der Waals surface area contributed by atoms with Crippen LogP contribution < -0.4 is 15.0 Å². The number of ether oxygens (including phenoxy) is 1. The Morgan fingerprint density at radius 3 is 2.12 bits per heavy atom. The van der Waals surface area contributed by atoms with Gasteiger partial charge in [-0.05, 0) is 48.6 Å². The van der Waals surface area contributed by atoms with Gasteiger partial charge in [-0.15, -0.1) is 13.2 Å². The van der Waals surface area contributed by atoms with E-state index in [-0.39, 0.29) is 5.75 Å². The number of thiocarbonyl (C=S) groups is 1. The van der Waals surface area contributed by atoms with Crippen molar-refractivity contribution >= 4 is 28.7 Å². The number of anilines is 2. The third-order valence-corrected chi connectivity index (χ3v) is 4.39. The van der Waals surface area contributed by atoms with Crippen molar-refractivity contribution in [2.24, 2.45) is 0 Å². The van der Waals surface area contributed by atoms with Crippen LogP contribution in [0.15, 0.2) is 54.6 Å². The quantitative estimate of drug-likeness (QED) is 0.808. The van der Waals surface area contributed by atoms with Gasteiger partial charge in [-0.3, -0.25) is 0 Å². The molecule has 4 nitrogen and oxygen atoms in total. The van der Waals surface area contributed by atoms with Gasteiger partial charge >= 0.3 is 6.36 Å². The zero-order valence-corrected chi connectivity index (χ0v) is 14.7. The molecule has 26 heavy (non-hydrogen) atoms. The minimum absolute atomic E-state index is 0.259. The van der Waals surface area contributed by atoms with Crippen molar-refractivity contribution in [3.63, 3.8) is 0 Å². The lowest BCUT2D eigenvalue weighted by Crippen LogP contribution is -2.50. The average Bonchev–Trinajstić information content (AvgIpc) is 2.63. The molecule has 1 aliphatic heterocycles. The fourth-order valence-corrected chi connectivity index (χ4v) is 3.05. The van der Waals surface area contributed by atoms with Crippen LogP contribution in [0, 0.1) is 0 Å². The van der Waals surface area contributed by atoms with E-state index in [4.69, 9.17) is 12.2 Å². The highest BCUT2D eigenvalue weighted by Crippen LogP contribution is 2.24. The molecule has 2 aromatic rings. The smallest absolute Gasteiger partial charge is 0.406 e. The van der Waals surface area contributed by atoms with Crippen LogP contribution in [-0.4, -0.2) is 42.6 Å². The predicted octanol–water partition coefficient (Wildman–Crippen LogP) is 4.10. The summed E-state index contributed by atoms with van der Waals surface area (Å²) in [7, 11) is 0. The SMILES string of the molecule is FC(F)(F)Oc1ccc(NC(=S)N2CCN(c3ccccc3)CC2)cc1. The first kappa shape index (κ1) is 18.3. The molecular formula is C18H18F3N3OS. The Balaban J connectivity index is 1.51. The Hall–Kier alpha value is -2.48. The topological polar surface area (TPSA) is 27.7 Å². The van der Waals surface area contributed by atoms with Gasteiger partial charge in [-0.2, -0.15) is 0 Å². The molecule has 138 valence electrons. The number of para-hydroxylation sites is 1. The number of benzene rings is 2. The number of hydrogen-bond donors (Lipinski definition) is 1. The lowest BCUT2D eigenvalue weighted by atomic mass is 10.2. The summed E-state index contributed by atoms with van der Waals surface area (Å²) >= 11 is 5.42. The van der Waals surface area contributed by atoms with E-state index in [2.05, 4.69) is 32.0 Å². The first-order valence-electron chi connectivity index (χ1n) is 8.12. The molecule has 1 saturated heterocycles. The Bertz CT molecular complexity index is 730. The van der Waals surface area contributed by atoms with Crippen LogP contribution in [0.5, 0.6) is 5.75 Å². The molecule has 0 spiro atoms. The number of halogens is 3. The normalized spacial score (nSPS) is 14.9. The summed E-state index contributed by atoms with van der Waals surface area (Å²) < 4.78 is 40.4. The maximum Gasteiger partial charge on any atom is 0.573 e. The molecule has 0 unspecified atom stereocenters. The average molecular weight is 381 g/mol. The first-order chi connectivity index (χ1) is 12.4. The summed E-state index contributed by atoms with van der Waals surface area (Å²) in [5, 5.41) is 3.62. The van der Waals surface area contributed by atoms with Crippen LogP contribution in [0.2, 0.25) is 0 Å². The zero-order chi connectivity index (χ0) is 18.6. The lowest BCUT2D eigenvalue weighted by molar-refractivity contribution is -0.274. The summed E-state index contributed by atoms with van der Waals surface area (Å²) in [6, 6.07) is 15.7. The second-order valence-electron chi connectivity index (χ2n) is 5.81. The highest BCUT2D eigenvalue weighted by Gasteiger charge is 2.31. The molecule has 8 heteroatoms. The zero-order valence-electron chi connectivity index (χ0n) is 13.9. The van der Waals surface area contributed by atoms with E-state index in [1.165, 1.54) is 30.0 Å². The molecule has 3 rings (SSSR count). The molecule has 0 saturated carbocycles. The van der Waals surface area contributed by atoms with Gasteiger partial charge in [-0.25, -0.2) is 0 Å². The van der Waals surface area contributed by atoms with Crippen LogP contribution >= 0.6 is 12.2 Å². The van der Waals surface area contributed by atoms with Gasteiger partial charge in [0, 0.05) is 37.6 Å². The van der Waals surface area contributed by atoms with Crippen molar-refractivity contribution in [1.29, 1.82) is 0 Å². The molecule has 1 N–H and O–H groups in total. The molecule has 0 aliphatic carbocycles. The van der Waals surface area contributed by atoms with E-state index < -0.39 is 6.36 Å². The van der Waals surface area contributed by atoms with Crippen LogP contribution in [0.4, 0.5) is 24.5 Å². The van der Waals surface area contributed by atoms with E-state index >= 15 is 0 Å². The fraction of sp³-hybridized carbons (Fsp3) is 0.278. The van der Waals surface area contributed by atoms with Crippen molar-refractivity contribution in [3.8, 4) is 5.75 Å². The predicted molar refractivity (Wildman–Crippen MR) is 99.6 cm³/mol. The molecule has 0 amide bonds. The molecule has 1 aliphatic rings. The van der Waals surface area contributed by atoms with Crippen LogP contribution in [0.25, 0.3) is 0 Å². The van der Waals surface area contributed by atoms with E-state index in [1.54, 1.807) is 0 Å². The second kappa shape index (κ2) is 7.82. The summed E-state index contributed by atoms with van der Waals surface area (Å²) in [5.74, 6) is -0.259. The maximum atomic E-state index is 12.2. The van der Waals surface area contributed by atoms with Crippen LogP contribution in [0.1, 0.15) is 0 Å². The van der Waals surface area contributed by atoms with Gasteiger partial charge in [0.15, 0.2) is 5.11 Å². The van der Waals surface area contributed by atoms with Crippen molar-refractivity contribution < 1.29 is 17.9 Å². The number of alkyl halides is 3. The molecule has 1 heterocycles. The number of rotatable bonds is 3. The Morgan fingerprint density at radius 2 is 1.54 bits per heavy atom. The molecular weight excluding hydrogens is 363 g/mol. The fourth-order valence-electron chi connectivity index (χ4n) is 2.75. The van der Waals surface area contributed by atoms with Crippen molar-refractivity contribution in [1.82, 2.24) is 4.90 Å². The second-order valence-corrected chi connectivity index (χ2v) is 6.20. The van der Waals surface area contributed by atoms with Crippen molar-refractivity contribution in [2.75, 3.05) is 36.4 Å². The molecule has 0 aromatic heterocycles. The summed E-state index contributed by atoms with van der Waals surface area (Å²) in [4.78, 5) is 4.34. The lowest BCUT2D eigenvalue weighted by Gasteiger charge is -2.37. The highest BCUT2D eigenvalue weighted by molar-refractivity contribution is 7.80. The Morgan fingerprint density at radius 1 is 0.923 bits per heavy atom. The molecule has 0 radical (unpaired) electrons. The molecule has 2 aromatic carbocycles. The van der Waals surface area contributed by atoms with E-state index in [1.807, 2.05) is 18.2 Å². The van der Waals surface area contributed by atoms with Crippen LogP contribution in [0.3, 0.4) is 0 Å². The number of nitrogens with zero attached hydrogens (tertiary/aromatic N) is 2.